The first kappa shape index (κ1) is 17.7. The minimum absolute atomic E-state index is 0.0556. The number of carboxylic acids is 2. The van der Waals surface area contributed by atoms with Crippen LogP contribution in [0.1, 0.15) is 12.8 Å². The van der Waals surface area contributed by atoms with E-state index in [0.717, 1.165) is 25.0 Å². The van der Waals surface area contributed by atoms with Crippen LogP contribution in [0.25, 0.3) is 0 Å². The minimum atomic E-state index is -0.981. The molecule has 17 heavy (non-hydrogen) atoms. The molecule has 1 fully saturated rings. The van der Waals surface area contributed by atoms with Crippen molar-refractivity contribution in [3.05, 3.63) is 25.3 Å². The largest absolute Gasteiger partial charge is 0.478 e. The lowest BCUT2D eigenvalue weighted by Gasteiger charge is -2.02. The van der Waals surface area contributed by atoms with Crippen molar-refractivity contribution in [1.82, 2.24) is 0 Å². The topological polar surface area (TPSA) is 115 Å². The number of aliphatic hydroxyl groups is 2. The van der Waals surface area contributed by atoms with Crippen LogP contribution in [0.5, 0.6) is 0 Å². The van der Waals surface area contributed by atoms with Gasteiger partial charge in [-0.05, 0) is 12.8 Å². The van der Waals surface area contributed by atoms with Gasteiger partial charge in [0.15, 0.2) is 0 Å². The molecular formula is C11H18O6. The zero-order chi connectivity index (χ0) is 13.9. The van der Waals surface area contributed by atoms with Crippen LogP contribution >= 0.6 is 0 Å². The van der Waals surface area contributed by atoms with E-state index in [1.54, 1.807) is 0 Å². The van der Waals surface area contributed by atoms with Crippen molar-refractivity contribution in [2.24, 2.45) is 5.41 Å². The van der Waals surface area contributed by atoms with Crippen LogP contribution in [0.4, 0.5) is 0 Å². The van der Waals surface area contributed by atoms with Crippen molar-refractivity contribution in [2.45, 2.75) is 12.8 Å². The second-order valence-electron chi connectivity index (χ2n) is 3.40. The summed E-state index contributed by atoms with van der Waals surface area (Å²) in [6.07, 6.45) is 3.67. The predicted octanol–water partition coefficient (Wildman–Crippen LogP) is 0.265. The molecule has 0 aromatic rings. The summed E-state index contributed by atoms with van der Waals surface area (Å²) in [5.74, 6) is -1.96. The van der Waals surface area contributed by atoms with Crippen LogP contribution in [0.15, 0.2) is 25.3 Å². The first-order chi connectivity index (χ1) is 7.87. The third-order valence-corrected chi connectivity index (χ3v) is 1.98. The summed E-state index contributed by atoms with van der Waals surface area (Å²) in [6.45, 7) is 6.23. The first-order valence-corrected chi connectivity index (χ1v) is 4.80. The SMILES string of the molecule is C=CC(=O)O.C=CC(=O)O.OCC1(CO)CC1. The zero-order valence-electron chi connectivity index (χ0n) is 9.50. The van der Waals surface area contributed by atoms with Gasteiger partial charge in [0.1, 0.15) is 0 Å². The van der Waals surface area contributed by atoms with Crippen LogP contribution in [-0.2, 0) is 9.59 Å². The molecule has 0 amide bonds. The van der Waals surface area contributed by atoms with Crippen molar-refractivity contribution >= 4 is 11.9 Å². The number of hydrogen-bond acceptors (Lipinski definition) is 4. The highest BCUT2D eigenvalue weighted by Crippen LogP contribution is 2.44. The molecule has 0 aromatic heterocycles. The molecule has 0 atom stereocenters. The summed E-state index contributed by atoms with van der Waals surface area (Å²) in [4.78, 5) is 18.5. The Morgan fingerprint density at radius 3 is 1.24 bits per heavy atom. The maximum absolute atomic E-state index is 9.25. The van der Waals surface area contributed by atoms with Gasteiger partial charge in [-0.2, -0.15) is 0 Å². The van der Waals surface area contributed by atoms with Crippen LogP contribution < -0.4 is 0 Å². The van der Waals surface area contributed by atoms with Gasteiger partial charge in [-0.25, -0.2) is 9.59 Å². The number of hydrogen-bond donors (Lipinski definition) is 4. The standard InChI is InChI=1S/C5H10O2.2C3H4O2/c6-3-5(4-7)1-2-5;2*1-2-3(4)5/h6-7H,1-4H2;2*2H,1H2,(H,4,5). The van der Waals surface area contributed by atoms with E-state index < -0.39 is 11.9 Å². The van der Waals surface area contributed by atoms with E-state index in [1.807, 2.05) is 0 Å². The fourth-order valence-electron chi connectivity index (χ4n) is 0.543. The zero-order valence-corrected chi connectivity index (χ0v) is 9.50. The Kier molecular flexibility index (Phi) is 9.97. The second-order valence-corrected chi connectivity index (χ2v) is 3.40. The molecule has 6 heteroatoms. The Bertz CT molecular complexity index is 243. The van der Waals surface area contributed by atoms with Gasteiger partial charge in [-0.3, -0.25) is 0 Å². The van der Waals surface area contributed by atoms with Crippen LogP contribution in [-0.4, -0.2) is 45.6 Å². The predicted molar refractivity (Wildman–Crippen MR) is 61.5 cm³/mol. The number of rotatable bonds is 4. The molecule has 1 rings (SSSR count). The molecule has 0 spiro atoms. The molecule has 0 saturated heterocycles. The van der Waals surface area contributed by atoms with Crippen LogP contribution in [0.3, 0.4) is 0 Å². The molecule has 1 aliphatic rings. The van der Waals surface area contributed by atoms with E-state index in [0.29, 0.717) is 0 Å². The summed E-state index contributed by atoms with van der Waals surface area (Å²) >= 11 is 0. The minimum Gasteiger partial charge on any atom is -0.478 e. The van der Waals surface area contributed by atoms with E-state index in [1.165, 1.54) is 0 Å². The molecule has 0 aliphatic heterocycles. The van der Waals surface area contributed by atoms with Crippen molar-refractivity contribution < 1.29 is 30.0 Å². The molecule has 0 radical (unpaired) electrons. The van der Waals surface area contributed by atoms with Gasteiger partial charge >= 0.3 is 11.9 Å². The lowest BCUT2D eigenvalue weighted by molar-refractivity contribution is -0.132. The Morgan fingerprint density at radius 2 is 1.24 bits per heavy atom. The molecule has 1 saturated carbocycles. The van der Waals surface area contributed by atoms with Crippen LogP contribution in [0, 0.1) is 5.41 Å². The van der Waals surface area contributed by atoms with Gasteiger partial charge in [0.25, 0.3) is 0 Å². The summed E-state index contributed by atoms with van der Waals surface area (Å²) in [5.41, 5.74) is -0.0556. The van der Waals surface area contributed by atoms with E-state index >= 15 is 0 Å². The molecular weight excluding hydrogens is 228 g/mol. The molecule has 6 nitrogen and oxygen atoms in total. The number of aliphatic hydroxyl groups excluding tert-OH is 2. The average molecular weight is 246 g/mol. The van der Waals surface area contributed by atoms with Gasteiger partial charge in [0.05, 0.1) is 13.2 Å². The molecule has 0 aromatic carbocycles. The number of carboxylic acid groups (broad SMARTS) is 2. The molecule has 98 valence electrons. The lowest BCUT2D eigenvalue weighted by Crippen LogP contribution is -2.10. The summed E-state index contributed by atoms with van der Waals surface area (Å²) in [5, 5.41) is 32.2. The highest BCUT2D eigenvalue weighted by molar-refractivity contribution is 5.79. The maximum atomic E-state index is 9.25. The Morgan fingerprint density at radius 1 is 1.00 bits per heavy atom. The van der Waals surface area contributed by atoms with E-state index in [4.69, 9.17) is 20.4 Å². The molecule has 0 bridgehead atoms. The Hall–Kier alpha value is -1.66. The lowest BCUT2D eigenvalue weighted by atomic mass is 10.1. The molecule has 1 aliphatic carbocycles. The quantitative estimate of drug-likeness (QED) is 0.529. The van der Waals surface area contributed by atoms with Crippen molar-refractivity contribution in [3.63, 3.8) is 0 Å². The van der Waals surface area contributed by atoms with Gasteiger partial charge < -0.3 is 20.4 Å². The van der Waals surface area contributed by atoms with Crippen LogP contribution in [0.2, 0.25) is 0 Å². The second kappa shape index (κ2) is 9.56. The Balaban J connectivity index is 0. The highest BCUT2D eigenvalue weighted by Gasteiger charge is 2.41. The van der Waals surface area contributed by atoms with E-state index in [2.05, 4.69) is 13.2 Å². The summed E-state index contributed by atoms with van der Waals surface area (Å²) < 4.78 is 0. The van der Waals surface area contributed by atoms with Gasteiger partial charge in [-0.1, -0.05) is 13.2 Å². The Labute approximate surface area is 99.5 Å². The monoisotopic (exact) mass is 246 g/mol. The van der Waals surface area contributed by atoms with Crippen molar-refractivity contribution in [3.8, 4) is 0 Å². The average Bonchev–Trinajstić information content (AvgIpc) is 3.11. The van der Waals surface area contributed by atoms with Crippen molar-refractivity contribution in [2.75, 3.05) is 13.2 Å². The highest BCUT2D eigenvalue weighted by atomic mass is 16.4. The van der Waals surface area contributed by atoms with Gasteiger partial charge in [-0.15, -0.1) is 0 Å². The fraction of sp³-hybridized carbons (Fsp3) is 0.455. The molecule has 0 unspecified atom stereocenters. The fourth-order valence-corrected chi connectivity index (χ4v) is 0.543. The number of aliphatic carboxylic acids is 2. The van der Waals surface area contributed by atoms with E-state index in [9.17, 15) is 9.59 Å². The summed E-state index contributed by atoms with van der Waals surface area (Å²) in [6, 6.07) is 0. The summed E-state index contributed by atoms with van der Waals surface area (Å²) in [7, 11) is 0. The maximum Gasteiger partial charge on any atom is 0.327 e. The number of carbonyl (C=O) groups is 2. The molecule has 0 heterocycles. The molecule has 4 N–H and O–H groups in total. The third kappa shape index (κ3) is 12.3. The van der Waals surface area contributed by atoms with Crippen molar-refractivity contribution in [1.29, 1.82) is 0 Å². The third-order valence-electron chi connectivity index (χ3n) is 1.98. The van der Waals surface area contributed by atoms with Gasteiger partial charge in [0.2, 0.25) is 0 Å². The van der Waals surface area contributed by atoms with E-state index in [-0.39, 0.29) is 18.6 Å². The first-order valence-electron chi connectivity index (χ1n) is 4.80. The smallest absolute Gasteiger partial charge is 0.327 e. The van der Waals surface area contributed by atoms with Gasteiger partial charge in [0, 0.05) is 17.6 Å². The normalized spacial score (nSPS) is 14.0.